The molecule has 8 heteroatoms. The minimum atomic E-state index is -5.44. The van der Waals surface area contributed by atoms with Gasteiger partial charge in [0.2, 0.25) is 0 Å². The molecule has 0 aliphatic heterocycles. The first-order chi connectivity index (χ1) is 6.82. The van der Waals surface area contributed by atoms with Crippen molar-refractivity contribution < 1.29 is 30.2 Å². The van der Waals surface area contributed by atoms with Crippen molar-refractivity contribution in [3.63, 3.8) is 0 Å². The maximum Gasteiger partial charge on any atom is 0.387 e. The van der Waals surface area contributed by atoms with Gasteiger partial charge in [-0.15, -0.1) is 3.89 Å². The van der Waals surface area contributed by atoms with Gasteiger partial charge >= 0.3 is 16.8 Å². The minimum Gasteiger partial charge on any atom is -0.433 e. The molecule has 0 aliphatic carbocycles. The van der Waals surface area contributed by atoms with E-state index in [-0.39, 0.29) is 0 Å². The van der Waals surface area contributed by atoms with Gasteiger partial charge < -0.3 is 4.74 Å². The molecule has 0 fully saturated rings. The average Bonchev–Trinajstić information content (AvgIpc) is 1.99. The molecule has 15 heavy (non-hydrogen) atoms. The van der Waals surface area contributed by atoms with Gasteiger partial charge in [0, 0.05) is 0 Å². The Hall–Kier alpha value is -1.31. The summed E-state index contributed by atoms with van der Waals surface area (Å²) in [4.78, 5) is -1.52. The number of halogens is 4. The fourth-order valence-electron chi connectivity index (χ4n) is 0.914. The van der Waals surface area contributed by atoms with Crippen LogP contribution >= 0.6 is 0 Å². The second-order valence-electron chi connectivity index (χ2n) is 2.38. The molecule has 1 rings (SSSR count). The maximum atomic E-state index is 12.9. The van der Waals surface area contributed by atoms with Crippen LogP contribution in [0.2, 0.25) is 0 Å². The number of rotatable bonds is 3. The summed E-state index contributed by atoms with van der Waals surface area (Å²) in [6.45, 7) is -3.37. The summed E-state index contributed by atoms with van der Waals surface area (Å²) >= 11 is 0. The Labute approximate surface area is 82.5 Å². The smallest absolute Gasteiger partial charge is 0.387 e. The first-order valence-corrected chi connectivity index (χ1v) is 4.88. The zero-order valence-corrected chi connectivity index (χ0v) is 7.77. The lowest BCUT2D eigenvalue weighted by molar-refractivity contribution is -0.0520. The van der Waals surface area contributed by atoms with E-state index in [1.807, 2.05) is 0 Å². The van der Waals surface area contributed by atoms with Gasteiger partial charge in [-0.05, 0) is 12.1 Å². The second kappa shape index (κ2) is 4.05. The number of hydrogen-bond donors (Lipinski definition) is 0. The second-order valence-corrected chi connectivity index (χ2v) is 3.67. The number of alkyl halides is 2. The summed E-state index contributed by atoms with van der Waals surface area (Å²) in [7, 11) is -5.44. The highest BCUT2D eigenvalue weighted by Gasteiger charge is 2.25. The Morgan fingerprint density at radius 1 is 1.27 bits per heavy atom. The monoisotopic (exact) mass is 244 g/mol. The van der Waals surface area contributed by atoms with E-state index in [0.717, 1.165) is 12.1 Å². The molecule has 0 aromatic heterocycles. The molecule has 0 atom stereocenters. The van der Waals surface area contributed by atoms with Crippen LogP contribution < -0.4 is 4.74 Å². The topological polar surface area (TPSA) is 43.4 Å². The molecule has 1 aromatic carbocycles. The van der Waals surface area contributed by atoms with Crippen molar-refractivity contribution in [2.75, 3.05) is 0 Å². The molecule has 3 nitrogen and oxygen atoms in total. The third kappa shape index (κ3) is 2.82. The van der Waals surface area contributed by atoms with E-state index in [1.165, 1.54) is 0 Å². The Bertz CT molecular complexity index is 457. The molecule has 0 unspecified atom stereocenters. The van der Waals surface area contributed by atoms with E-state index >= 15 is 0 Å². The van der Waals surface area contributed by atoms with Crippen molar-refractivity contribution in [3.8, 4) is 5.75 Å². The van der Waals surface area contributed by atoms with Crippen molar-refractivity contribution in [1.29, 1.82) is 0 Å². The van der Waals surface area contributed by atoms with E-state index in [9.17, 15) is 25.5 Å². The van der Waals surface area contributed by atoms with E-state index < -0.39 is 33.3 Å². The predicted molar refractivity (Wildman–Crippen MR) is 41.3 cm³/mol. The van der Waals surface area contributed by atoms with Gasteiger partial charge in [0.05, 0.1) is 0 Å². The van der Waals surface area contributed by atoms with Crippen LogP contribution in [0.15, 0.2) is 23.1 Å². The molecule has 0 saturated heterocycles. The summed E-state index contributed by atoms with van der Waals surface area (Å²) in [6, 6.07) is 2.26. The Kier molecular flexibility index (Phi) is 3.18. The van der Waals surface area contributed by atoms with Crippen molar-refractivity contribution >= 4 is 10.2 Å². The highest BCUT2D eigenvalue weighted by atomic mass is 32.3. The highest BCUT2D eigenvalue weighted by molar-refractivity contribution is 7.86. The Morgan fingerprint density at radius 3 is 2.33 bits per heavy atom. The van der Waals surface area contributed by atoms with Gasteiger partial charge in [-0.1, -0.05) is 6.07 Å². The lowest BCUT2D eigenvalue weighted by Gasteiger charge is -2.07. The molecule has 0 radical (unpaired) electrons. The normalized spacial score (nSPS) is 11.8. The Morgan fingerprint density at radius 2 is 1.87 bits per heavy atom. The van der Waals surface area contributed by atoms with Crippen LogP contribution in [0.5, 0.6) is 5.75 Å². The van der Waals surface area contributed by atoms with Crippen molar-refractivity contribution in [1.82, 2.24) is 0 Å². The first-order valence-electron chi connectivity index (χ1n) is 3.50. The molecule has 0 bridgehead atoms. The van der Waals surface area contributed by atoms with Crippen LogP contribution in [0.3, 0.4) is 0 Å². The summed E-state index contributed by atoms with van der Waals surface area (Å²) in [5.74, 6) is -2.55. The molecule has 0 aliphatic rings. The quantitative estimate of drug-likeness (QED) is 0.604. The molecule has 1 aromatic rings. The molecule has 0 amide bonds. The number of ether oxygens (including phenoxy) is 1. The van der Waals surface area contributed by atoms with Gasteiger partial charge in [-0.3, -0.25) is 0 Å². The van der Waals surface area contributed by atoms with Crippen molar-refractivity contribution in [2.45, 2.75) is 11.5 Å². The summed E-state index contributed by atoms with van der Waals surface area (Å²) in [6.07, 6.45) is 0. The summed E-state index contributed by atoms with van der Waals surface area (Å²) < 4.78 is 73.4. The molecule has 0 heterocycles. The fraction of sp³-hybridized carbons (Fsp3) is 0.143. The zero-order chi connectivity index (χ0) is 11.6. The van der Waals surface area contributed by atoms with Gasteiger partial charge in [-0.2, -0.15) is 17.2 Å². The number of benzene rings is 1. The first kappa shape index (κ1) is 11.8. The SMILES string of the molecule is O=S(=O)(F)c1c(F)cccc1OC(F)F. The minimum absolute atomic E-state index is 0.616. The van der Waals surface area contributed by atoms with Crippen LogP contribution in [0.4, 0.5) is 17.1 Å². The van der Waals surface area contributed by atoms with Crippen molar-refractivity contribution in [3.05, 3.63) is 24.0 Å². The molecule has 0 saturated carbocycles. The standard InChI is InChI=1S/C7H4F4O3S/c8-4-2-1-3-5(14-7(9)10)6(4)15(11,12)13/h1-3,7H. The third-order valence-electron chi connectivity index (χ3n) is 1.39. The molecule has 0 spiro atoms. The van der Waals surface area contributed by atoms with Crippen LogP contribution in [-0.2, 0) is 10.2 Å². The molecule has 84 valence electrons. The zero-order valence-electron chi connectivity index (χ0n) is 6.95. The van der Waals surface area contributed by atoms with Crippen molar-refractivity contribution in [2.24, 2.45) is 0 Å². The van der Waals surface area contributed by atoms with E-state index in [2.05, 4.69) is 4.74 Å². The number of hydrogen-bond acceptors (Lipinski definition) is 3. The van der Waals surface area contributed by atoms with Crippen LogP contribution in [0, 0.1) is 5.82 Å². The lowest BCUT2D eigenvalue weighted by Crippen LogP contribution is -2.07. The lowest BCUT2D eigenvalue weighted by atomic mass is 10.3. The summed E-state index contributed by atoms with van der Waals surface area (Å²) in [5, 5.41) is 0. The third-order valence-corrected chi connectivity index (χ3v) is 2.27. The van der Waals surface area contributed by atoms with E-state index in [1.54, 1.807) is 0 Å². The van der Waals surface area contributed by atoms with Gasteiger partial charge in [0.25, 0.3) is 0 Å². The highest BCUT2D eigenvalue weighted by Crippen LogP contribution is 2.29. The van der Waals surface area contributed by atoms with E-state index in [0.29, 0.717) is 6.07 Å². The van der Waals surface area contributed by atoms with Crippen LogP contribution in [-0.4, -0.2) is 15.0 Å². The average molecular weight is 244 g/mol. The van der Waals surface area contributed by atoms with Gasteiger partial charge in [0.15, 0.2) is 10.6 Å². The van der Waals surface area contributed by atoms with Crippen LogP contribution in [0.25, 0.3) is 0 Å². The maximum absolute atomic E-state index is 12.9. The Balaban J connectivity index is 3.34. The molecular weight excluding hydrogens is 240 g/mol. The molecule has 0 N–H and O–H groups in total. The predicted octanol–water partition coefficient (Wildman–Crippen LogP) is 2.09. The largest absolute Gasteiger partial charge is 0.433 e. The molecular formula is C7H4F4O3S. The van der Waals surface area contributed by atoms with E-state index in [4.69, 9.17) is 0 Å². The van der Waals surface area contributed by atoms with Gasteiger partial charge in [-0.25, -0.2) is 4.39 Å². The van der Waals surface area contributed by atoms with Gasteiger partial charge in [0.1, 0.15) is 5.82 Å². The summed E-state index contributed by atoms with van der Waals surface area (Å²) in [5.41, 5.74) is 0. The fourth-order valence-corrected chi connectivity index (χ4v) is 1.57. The van der Waals surface area contributed by atoms with Crippen LogP contribution in [0.1, 0.15) is 0 Å².